The van der Waals surface area contributed by atoms with Crippen LogP contribution in [-0.4, -0.2) is 35.5 Å². The quantitative estimate of drug-likeness (QED) is 0.874. The smallest absolute Gasteiger partial charge is 0.323 e. The first-order valence-corrected chi connectivity index (χ1v) is 5.84. The van der Waals surface area contributed by atoms with E-state index in [0.29, 0.717) is 4.88 Å². The summed E-state index contributed by atoms with van der Waals surface area (Å²) < 4.78 is 0. The fourth-order valence-corrected chi connectivity index (χ4v) is 2.55. The van der Waals surface area contributed by atoms with Crippen LogP contribution in [0.1, 0.15) is 27.0 Å². The van der Waals surface area contributed by atoms with Gasteiger partial charge in [-0.05, 0) is 25.0 Å². The Kier molecular flexibility index (Phi) is 4.06. The van der Waals surface area contributed by atoms with Crippen LogP contribution >= 0.6 is 11.3 Å². The Balaban J connectivity index is 2.83. The summed E-state index contributed by atoms with van der Waals surface area (Å²) in [5.74, 6) is -1.23. The van der Waals surface area contributed by atoms with Crippen molar-refractivity contribution in [3.05, 3.63) is 21.4 Å². The minimum atomic E-state index is -1.00. The van der Waals surface area contributed by atoms with Gasteiger partial charge in [-0.15, -0.1) is 11.3 Å². The fourth-order valence-electron chi connectivity index (χ4n) is 1.44. The van der Waals surface area contributed by atoms with Crippen molar-refractivity contribution in [1.29, 1.82) is 0 Å². The number of aliphatic carboxylic acids is 1. The van der Waals surface area contributed by atoms with Gasteiger partial charge in [0.25, 0.3) is 5.91 Å². The first-order valence-electron chi connectivity index (χ1n) is 5.02. The number of rotatable bonds is 4. The highest BCUT2D eigenvalue weighted by Gasteiger charge is 2.17. The van der Waals surface area contributed by atoms with Crippen LogP contribution in [0.25, 0.3) is 0 Å². The lowest BCUT2D eigenvalue weighted by Gasteiger charge is -2.12. The van der Waals surface area contributed by atoms with E-state index in [2.05, 4.69) is 0 Å². The van der Waals surface area contributed by atoms with Crippen molar-refractivity contribution in [1.82, 2.24) is 4.90 Å². The number of carboxylic acids is 1. The van der Waals surface area contributed by atoms with E-state index >= 15 is 0 Å². The van der Waals surface area contributed by atoms with Crippen LogP contribution in [0.4, 0.5) is 0 Å². The third-order valence-electron chi connectivity index (χ3n) is 2.27. The molecule has 0 spiro atoms. The Morgan fingerprint density at radius 1 is 1.50 bits per heavy atom. The van der Waals surface area contributed by atoms with Gasteiger partial charge >= 0.3 is 5.97 Å². The zero-order valence-corrected chi connectivity index (χ0v) is 10.4. The van der Waals surface area contributed by atoms with E-state index in [0.717, 1.165) is 12.0 Å². The van der Waals surface area contributed by atoms with Gasteiger partial charge in [0.2, 0.25) is 0 Å². The molecule has 88 valence electrons. The molecule has 16 heavy (non-hydrogen) atoms. The van der Waals surface area contributed by atoms with E-state index in [1.54, 1.807) is 0 Å². The van der Waals surface area contributed by atoms with Gasteiger partial charge in [-0.1, -0.05) is 6.92 Å². The normalized spacial score (nSPS) is 10.2. The summed E-state index contributed by atoms with van der Waals surface area (Å²) >= 11 is 1.44. The van der Waals surface area contributed by atoms with Crippen molar-refractivity contribution in [2.45, 2.75) is 20.3 Å². The van der Waals surface area contributed by atoms with Crippen molar-refractivity contribution < 1.29 is 14.7 Å². The lowest BCUT2D eigenvalue weighted by atomic mass is 10.2. The van der Waals surface area contributed by atoms with E-state index in [9.17, 15) is 9.59 Å². The molecule has 1 N–H and O–H groups in total. The Morgan fingerprint density at radius 2 is 2.12 bits per heavy atom. The summed E-state index contributed by atoms with van der Waals surface area (Å²) in [7, 11) is 1.50. The van der Waals surface area contributed by atoms with E-state index in [1.807, 2.05) is 19.9 Å². The molecule has 0 bridgehead atoms. The average molecular weight is 241 g/mol. The second-order valence-corrected chi connectivity index (χ2v) is 4.76. The van der Waals surface area contributed by atoms with Gasteiger partial charge in [0, 0.05) is 11.9 Å². The molecule has 1 aromatic heterocycles. The maximum absolute atomic E-state index is 11.8. The van der Waals surface area contributed by atoms with Crippen LogP contribution in [-0.2, 0) is 11.2 Å². The van der Waals surface area contributed by atoms with Gasteiger partial charge in [0.15, 0.2) is 0 Å². The third kappa shape index (κ3) is 2.82. The summed E-state index contributed by atoms with van der Waals surface area (Å²) in [4.78, 5) is 25.3. The molecular weight excluding hydrogens is 226 g/mol. The topological polar surface area (TPSA) is 57.6 Å². The number of amides is 1. The Labute approximate surface area is 98.5 Å². The molecule has 0 saturated carbocycles. The molecule has 0 saturated heterocycles. The van der Waals surface area contributed by atoms with E-state index in [4.69, 9.17) is 5.11 Å². The van der Waals surface area contributed by atoms with Crippen molar-refractivity contribution in [2.75, 3.05) is 13.6 Å². The van der Waals surface area contributed by atoms with Crippen LogP contribution < -0.4 is 0 Å². The van der Waals surface area contributed by atoms with Gasteiger partial charge in [0.05, 0.1) is 4.88 Å². The molecule has 1 aromatic rings. The Morgan fingerprint density at radius 3 is 2.56 bits per heavy atom. The first kappa shape index (κ1) is 12.7. The predicted molar refractivity (Wildman–Crippen MR) is 63.0 cm³/mol. The number of thiophene rings is 1. The van der Waals surface area contributed by atoms with Gasteiger partial charge in [0.1, 0.15) is 6.54 Å². The van der Waals surface area contributed by atoms with Crippen molar-refractivity contribution in [3.8, 4) is 0 Å². The molecule has 1 amide bonds. The monoisotopic (exact) mass is 241 g/mol. The molecule has 0 fully saturated rings. The van der Waals surface area contributed by atoms with Crippen molar-refractivity contribution in [2.24, 2.45) is 0 Å². The number of carbonyl (C=O) groups excluding carboxylic acids is 1. The number of likely N-dealkylation sites (N-methyl/N-ethyl adjacent to an activating group) is 1. The van der Waals surface area contributed by atoms with Gasteiger partial charge in [-0.25, -0.2) is 0 Å². The van der Waals surface area contributed by atoms with Crippen LogP contribution in [0.2, 0.25) is 0 Å². The third-order valence-corrected chi connectivity index (χ3v) is 3.64. The lowest BCUT2D eigenvalue weighted by Crippen LogP contribution is -2.31. The molecule has 0 unspecified atom stereocenters. The highest BCUT2D eigenvalue weighted by Crippen LogP contribution is 2.23. The molecular formula is C11H15NO3S. The molecule has 0 atom stereocenters. The highest BCUT2D eigenvalue weighted by atomic mass is 32.1. The minimum absolute atomic E-state index is 0.227. The van der Waals surface area contributed by atoms with Crippen LogP contribution in [0.5, 0.6) is 0 Å². The van der Waals surface area contributed by atoms with Crippen LogP contribution in [0, 0.1) is 6.92 Å². The molecule has 0 radical (unpaired) electrons. The first-order chi connectivity index (χ1) is 7.45. The number of aryl methyl sites for hydroxylation is 2. The average Bonchev–Trinajstić information content (AvgIpc) is 2.57. The maximum atomic E-state index is 11.8. The van der Waals surface area contributed by atoms with Gasteiger partial charge < -0.3 is 10.0 Å². The number of hydrogen-bond donors (Lipinski definition) is 1. The molecule has 0 aliphatic rings. The summed E-state index contributed by atoms with van der Waals surface area (Å²) in [6.07, 6.45) is 0.895. The lowest BCUT2D eigenvalue weighted by molar-refractivity contribution is -0.137. The zero-order valence-electron chi connectivity index (χ0n) is 9.61. The van der Waals surface area contributed by atoms with Crippen LogP contribution in [0.3, 0.4) is 0 Å². The minimum Gasteiger partial charge on any atom is -0.480 e. The molecule has 1 rings (SSSR count). The van der Waals surface area contributed by atoms with E-state index in [1.165, 1.54) is 28.2 Å². The number of carbonyl (C=O) groups is 2. The fraction of sp³-hybridized carbons (Fsp3) is 0.455. The number of nitrogens with zero attached hydrogens (tertiary/aromatic N) is 1. The number of hydrogen-bond acceptors (Lipinski definition) is 3. The second-order valence-electron chi connectivity index (χ2n) is 3.63. The summed E-state index contributed by atoms with van der Waals surface area (Å²) in [5.41, 5.74) is 1.10. The molecule has 5 heteroatoms. The molecule has 4 nitrogen and oxygen atoms in total. The van der Waals surface area contributed by atoms with Crippen LogP contribution in [0.15, 0.2) is 6.07 Å². The maximum Gasteiger partial charge on any atom is 0.323 e. The van der Waals surface area contributed by atoms with E-state index < -0.39 is 5.97 Å². The van der Waals surface area contributed by atoms with Gasteiger partial charge in [-0.3, -0.25) is 9.59 Å². The summed E-state index contributed by atoms with van der Waals surface area (Å²) in [5, 5.41) is 8.60. The second kappa shape index (κ2) is 5.12. The van der Waals surface area contributed by atoms with Crippen molar-refractivity contribution >= 4 is 23.2 Å². The van der Waals surface area contributed by atoms with E-state index in [-0.39, 0.29) is 12.5 Å². The molecule has 0 aliphatic heterocycles. The summed E-state index contributed by atoms with van der Waals surface area (Å²) in [6, 6.07) is 1.82. The SMILES string of the molecule is CCc1sc(C(=O)N(C)CC(=O)O)cc1C. The zero-order chi connectivity index (χ0) is 12.3. The highest BCUT2D eigenvalue weighted by molar-refractivity contribution is 7.14. The Hall–Kier alpha value is -1.36. The predicted octanol–water partition coefficient (Wildman–Crippen LogP) is 1.78. The Bertz CT molecular complexity index is 411. The largest absolute Gasteiger partial charge is 0.480 e. The van der Waals surface area contributed by atoms with Gasteiger partial charge in [-0.2, -0.15) is 0 Å². The molecule has 0 aliphatic carbocycles. The number of carboxylic acid groups (broad SMARTS) is 1. The summed E-state index contributed by atoms with van der Waals surface area (Å²) in [6.45, 7) is 3.73. The molecule has 1 heterocycles. The molecule has 0 aromatic carbocycles. The standard InChI is InChI=1S/C11H15NO3S/c1-4-8-7(2)5-9(16-8)11(15)12(3)6-10(13)14/h5H,4,6H2,1-3H3,(H,13,14). The van der Waals surface area contributed by atoms with Crippen molar-refractivity contribution in [3.63, 3.8) is 0 Å².